The van der Waals surface area contributed by atoms with Crippen molar-refractivity contribution in [1.82, 2.24) is 4.90 Å². The lowest BCUT2D eigenvalue weighted by atomic mass is 9.95. The summed E-state index contributed by atoms with van der Waals surface area (Å²) < 4.78 is 5.62. The molecular formula is C20H25ClN2O2. The third-order valence-corrected chi connectivity index (χ3v) is 4.64. The van der Waals surface area contributed by atoms with Crippen LogP contribution in [0.25, 0.3) is 0 Å². The van der Waals surface area contributed by atoms with E-state index in [1.165, 1.54) is 11.1 Å². The highest BCUT2D eigenvalue weighted by Crippen LogP contribution is 2.26. The number of carbonyl (C=O) groups is 1. The number of carbonyl (C=O) groups excluding carboxylic acids is 1. The van der Waals surface area contributed by atoms with E-state index < -0.39 is 0 Å². The maximum atomic E-state index is 12.4. The molecule has 134 valence electrons. The first-order chi connectivity index (χ1) is 11.7. The molecule has 0 saturated carbocycles. The summed E-state index contributed by atoms with van der Waals surface area (Å²) in [7, 11) is 0. The van der Waals surface area contributed by atoms with Crippen molar-refractivity contribution in [2.75, 3.05) is 19.7 Å². The molecule has 4 nitrogen and oxygen atoms in total. The zero-order chi connectivity index (χ0) is 16.9. The summed E-state index contributed by atoms with van der Waals surface area (Å²) in [5, 5.41) is 0. The molecule has 0 spiro atoms. The van der Waals surface area contributed by atoms with E-state index in [1.807, 2.05) is 47.4 Å². The van der Waals surface area contributed by atoms with Crippen molar-refractivity contribution in [3.8, 4) is 5.75 Å². The van der Waals surface area contributed by atoms with Crippen LogP contribution in [-0.4, -0.2) is 36.5 Å². The van der Waals surface area contributed by atoms with Gasteiger partial charge < -0.3 is 15.4 Å². The van der Waals surface area contributed by atoms with Crippen LogP contribution >= 0.6 is 12.4 Å². The van der Waals surface area contributed by atoms with Crippen LogP contribution in [0.3, 0.4) is 0 Å². The fraction of sp³-hybridized carbons (Fsp3) is 0.350. The molecule has 2 aromatic carbocycles. The molecule has 2 atom stereocenters. The van der Waals surface area contributed by atoms with Gasteiger partial charge in [0.05, 0.1) is 0 Å². The van der Waals surface area contributed by atoms with Crippen molar-refractivity contribution >= 4 is 18.3 Å². The minimum Gasteiger partial charge on any atom is -0.484 e. The number of benzene rings is 2. The number of amides is 1. The molecule has 0 aromatic heterocycles. The number of nitrogens with zero attached hydrogens (tertiary/aromatic N) is 1. The molecule has 1 fully saturated rings. The number of hydrogen-bond acceptors (Lipinski definition) is 3. The third kappa shape index (κ3) is 4.74. The molecule has 2 N–H and O–H groups in total. The summed E-state index contributed by atoms with van der Waals surface area (Å²) in [6, 6.07) is 18.0. The number of halogens is 1. The Morgan fingerprint density at radius 3 is 2.44 bits per heavy atom. The Labute approximate surface area is 155 Å². The minimum absolute atomic E-state index is 0. The van der Waals surface area contributed by atoms with E-state index in [1.54, 1.807) is 0 Å². The van der Waals surface area contributed by atoms with Gasteiger partial charge in [-0.3, -0.25) is 4.79 Å². The Bertz CT molecular complexity index is 676. The molecule has 2 aromatic rings. The van der Waals surface area contributed by atoms with E-state index in [0.29, 0.717) is 13.1 Å². The fourth-order valence-electron chi connectivity index (χ4n) is 3.14. The molecule has 5 heteroatoms. The highest BCUT2D eigenvalue weighted by atomic mass is 35.5. The number of likely N-dealkylation sites (tertiary alicyclic amines) is 1. The van der Waals surface area contributed by atoms with E-state index in [-0.39, 0.29) is 36.9 Å². The van der Waals surface area contributed by atoms with Crippen LogP contribution in [0.15, 0.2) is 54.6 Å². The van der Waals surface area contributed by atoms with Gasteiger partial charge in [-0.25, -0.2) is 0 Å². The molecule has 25 heavy (non-hydrogen) atoms. The maximum absolute atomic E-state index is 12.4. The Morgan fingerprint density at radius 1 is 1.12 bits per heavy atom. The van der Waals surface area contributed by atoms with E-state index in [9.17, 15) is 4.79 Å². The number of aryl methyl sites for hydroxylation is 1. The van der Waals surface area contributed by atoms with Crippen molar-refractivity contribution in [3.05, 3.63) is 65.7 Å². The monoisotopic (exact) mass is 360 g/mol. The van der Waals surface area contributed by atoms with Crippen LogP contribution in [0.4, 0.5) is 0 Å². The Morgan fingerprint density at radius 2 is 1.80 bits per heavy atom. The van der Waals surface area contributed by atoms with Gasteiger partial charge in [-0.05, 0) is 29.7 Å². The smallest absolute Gasteiger partial charge is 0.260 e. The second-order valence-electron chi connectivity index (χ2n) is 6.27. The van der Waals surface area contributed by atoms with E-state index in [4.69, 9.17) is 10.5 Å². The number of rotatable bonds is 5. The van der Waals surface area contributed by atoms with Crippen LogP contribution in [0.2, 0.25) is 0 Å². The molecule has 1 saturated heterocycles. The predicted molar refractivity (Wildman–Crippen MR) is 102 cm³/mol. The molecule has 0 aliphatic carbocycles. The summed E-state index contributed by atoms with van der Waals surface area (Å²) in [6.45, 7) is 3.40. The predicted octanol–water partition coefficient (Wildman–Crippen LogP) is 3.00. The third-order valence-electron chi connectivity index (χ3n) is 4.64. The summed E-state index contributed by atoms with van der Waals surface area (Å²) in [4.78, 5) is 14.2. The second kappa shape index (κ2) is 8.88. The van der Waals surface area contributed by atoms with Gasteiger partial charge in [0.2, 0.25) is 0 Å². The molecule has 1 heterocycles. The average Bonchev–Trinajstić information content (AvgIpc) is 3.02. The zero-order valence-corrected chi connectivity index (χ0v) is 15.2. The summed E-state index contributed by atoms with van der Waals surface area (Å²) in [6.07, 6.45) is 0.992. The first kappa shape index (κ1) is 19.3. The minimum atomic E-state index is -0.0276. The summed E-state index contributed by atoms with van der Waals surface area (Å²) >= 11 is 0. The number of ether oxygens (including phenoxy) is 1. The molecule has 3 rings (SSSR count). The lowest BCUT2D eigenvalue weighted by Crippen LogP contribution is -2.35. The molecule has 0 bridgehead atoms. The Kier molecular flexibility index (Phi) is 6.85. The lowest BCUT2D eigenvalue weighted by molar-refractivity contribution is -0.132. The number of hydrogen-bond donors (Lipinski definition) is 1. The van der Waals surface area contributed by atoms with E-state index in [0.717, 1.165) is 12.2 Å². The van der Waals surface area contributed by atoms with Crippen LogP contribution in [0.5, 0.6) is 5.75 Å². The van der Waals surface area contributed by atoms with Crippen LogP contribution < -0.4 is 10.5 Å². The largest absolute Gasteiger partial charge is 0.484 e. The average molecular weight is 361 g/mol. The quantitative estimate of drug-likeness (QED) is 0.891. The van der Waals surface area contributed by atoms with Crippen molar-refractivity contribution in [2.45, 2.75) is 25.3 Å². The van der Waals surface area contributed by atoms with E-state index in [2.05, 4.69) is 19.1 Å². The molecule has 1 amide bonds. The van der Waals surface area contributed by atoms with Gasteiger partial charge in [-0.1, -0.05) is 49.4 Å². The molecule has 0 unspecified atom stereocenters. The zero-order valence-electron chi connectivity index (χ0n) is 14.4. The SMILES string of the molecule is CCc1ccc(OCC(=O)N2C[C@@H](N)[C@H](c3ccccc3)C2)cc1.Cl. The van der Waals surface area contributed by atoms with Gasteiger partial charge in [-0.2, -0.15) is 0 Å². The van der Waals surface area contributed by atoms with Gasteiger partial charge in [0.1, 0.15) is 5.75 Å². The number of nitrogens with two attached hydrogens (primary N) is 1. The van der Waals surface area contributed by atoms with Gasteiger partial charge in [0, 0.05) is 25.0 Å². The normalized spacial score (nSPS) is 19.4. The van der Waals surface area contributed by atoms with Gasteiger partial charge >= 0.3 is 0 Å². The van der Waals surface area contributed by atoms with Crippen LogP contribution in [0.1, 0.15) is 24.0 Å². The molecule has 1 aliphatic rings. The highest BCUT2D eigenvalue weighted by Gasteiger charge is 2.33. The molecule has 0 radical (unpaired) electrons. The second-order valence-corrected chi connectivity index (χ2v) is 6.27. The fourth-order valence-corrected chi connectivity index (χ4v) is 3.14. The van der Waals surface area contributed by atoms with Crippen LogP contribution in [0, 0.1) is 0 Å². The van der Waals surface area contributed by atoms with Crippen molar-refractivity contribution < 1.29 is 9.53 Å². The Balaban J connectivity index is 0.00000225. The first-order valence-corrected chi connectivity index (χ1v) is 8.47. The van der Waals surface area contributed by atoms with Crippen molar-refractivity contribution in [1.29, 1.82) is 0 Å². The summed E-state index contributed by atoms with van der Waals surface area (Å²) in [5.41, 5.74) is 8.69. The molecule has 1 aliphatic heterocycles. The highest BCUT2D eigenvalue weighted by molar-refractivity contribution is 5.85. The van der Waals surface area contributed by atoms with Crippen LogP contribution in [-0.2, 0) is 11.2 Å². The van der Waals surface area contributed by atoms with Gasteiger partial charge in [-0.15, -0.1) is 12.4 Å². The van der Waals surface area contributed by atoms with Gasteiger partial charge in [0.15, 0.2) is 6.61 Å². The molecular weight excluding hydrogens is 336 g/mol. The first-order valence-electron chi connectivity index (χ1n) is 8.47. The van der Waals surface area contributed by atoms with Gasteiger partial charge in [0.25, 0.3) is 5.91 Å². The maximum Gasteiger partial charge on any atom is 0.260 e. The van der Waals surface area contributed by atoms with Crippen molar-refractivity contribution in [3.63, 3.8) is 0 Å². The lowest BCUT2D eigenvalue weighted by Gasteiger charge is -2.17. The topological polar surface area (TPSA) is 55.6 Å². The Hall–Kier alpha value is -2.04. The summed E-state index contributed by atoms with van der Waals surface area (Å²) in [5.74, 6) is 0.908. The van der Waals surface area contributed by atoms with E-state index >= 15 is 0 Å². The van der Waals surface area contributed by atoms with Crippen molar-refractivity contribution in [2.24, 2.45) is 5.73 Å². The standard InChI is InChI=1S/C20H24N2O2.ClH/c1-2-15-8-10-17(11-9-15)24-14-20(23)22-12-18(19(21)13-22)16-6-4-3-5-7-16;/h3-11,18-19H,2,12-14,21H2,1H3;1H/t18-,19+;/m0./s1.